The molecule has 0 aliphatic carbocycles. The molecular formula is C24H29N3O3S. The number of rotatable bonds is 5. The number of nitrogens with one attached hydrogen (secondary N) is 1. The normalized spacial score (nSPS) is 26.1. The standard InChI is InChI=1S/C24H29N3O3S/c28-23-21-16-26(15-19-7-3-1-4-8-19)17-22(21)24(25-23)11-13-27(14-12-24)31(29,30)18-20-9-5-2-6-10-20/h1-10,21-22H,11-18H2,(H,25,28)/t21-,22+/m1/s1. The number of carbonyl (C=O) groups is 1. The lowest BCUT2D eigenvalue weighted by Crippen LogP contribution is -2.56. The van der Waals surface area contributed by atoms with Crippen LogP contribution in [0.15, 0.2) is 60.7 Å². The van der Waals surface area contributed by atoms with E-state index in [0.29, 0.717) is 25.9 Å². The molecule has 0 unspecified atom stereocenters. The van der Waals surface area contributed by atoms with Crippen LogP contribution in [-0.4, -0.2) is 55.2 Å². The van der Waals surface area contributed by atoms with Gasteiger partial charge in [0.2, 0.25) is 15.9 Å². The van der Waals surface area contributed by atoms with Crippen LogP contribution in [0.3, 0.4) is 0 Å². The maximum absolute atomic E-state index is 12.9. The first-order valence-corrected chi connectivity index (χ1v) is 12.7. The minimum Gasteiger partial charge on any atom is -0.350 e. The minimum absolute atomic E-state index is 0.0104. The maximum atomic E-state index is 12.9. The Balaban J connectivity index is 1.25. The molecule has 0 saturated carbocycles. The Morgan fingerprint density at radius 1 is 0.903 bits per heavy atom. The van der Waals surface area contributed by atoms with E-state index in [0.717, 1.165) is 25.2 Å². The number of benzene rings is 2. The molecule has 3 saturated heterocycles. The Labute approximate surface area is 184 Å². The van der Waals surface area contributed by atoms with E-state index in [4.69, 9.17) is 0 Å². The Kier molecular flexibility index (Phi) is 5.36. The Hall–Kier alpha value is -2.22. The van der Waals surface area contributed by atoms with Crippen LogP contribution in [0, 0.1) is 11.8 Å². The van der Waals surface area contributed by atoms with Crippen molar-refractivity contribution >= 4 is 15.9 Å². The summed E-state index contributed by atoms with van der Waals surface area (Å²) in [6.45, 7) is 3.46. The van der Waals surface area contributed by atoms with E-state index in [-0.39, 0.29) is 29.0 Å². The van der Waals surface area contributed by atoms with Crippen LogP contribution >= 0.6 is 0 Å². The predicted octanol–water partition coefficient (Wildman–Crippen LogP) is 2.23. The average Bonchev–Trinajstić information content (AvgIpc) is 3.29. The predicted molar refractivity (Wildman–Crippen MR) is 119 cm³/mol. The summed E-state index contributed by atoms with van der Waals surface area (Å²) >= 11 is 0. The second-order valence-corrected chi connectivity index (χ2v) is 11.1. The van der Waals surface area contributed by atoms with E-state index in [2.05, 4.69) is 22.3 Å². The van der Waals surface area contributed by atoms with Gasteiger partial charge in [-0.1, -0.05) is 60.7 Å². The van der Waals surface area contributed by atoms with E-state index >= 15 is 0 Å². The molecular weight excluding hydrogens is 410 g/mol. The molecule has 1 N–H and O–H groups in total. The lowest BCUT2D eigenvalue weighted by atomic mass is 9.76. The Morgan fingerprint density at radius 3 is 2.16 bits per heavy atom. The highest BCUT2D eigenvalue weighted by Gasteiger charge is 2.57. The van der Waals surface area contributed by atoms with Gasteiger partial charge < -0.3 is 5.32 Å². The monoisotopic (exact) mass is 439 g/mol. The number of nitrogens with zero attached hydrogens (tertiary/aromatic N) is 2. The number of hydrogen-bond acceptors (Lipinski definition) is 4. The molecule has 2 aromatic rings. The third kappa shape index (κ3) is 4.02. The molecule has 2 atom stereocenters. The second kappa shape index (κ2) is 8.04. The van der Waals surface area contributed by atoms with Gasteiger partial charge in [-0.3, -0.25) is 9.69 Å². The first-order chi connectivity index (χ1) is 15.0. The quantitative estimate of drug-likeness (QED) is 0.776. The number of hydrogen-bond donors (Lipinski definition) is 1. The van der Waals surface area contributed by atoms with Crippen molar-refractivity contribution in [2.24, 2.45) is 11.8 Å². The summed E-state index contributed by atoms with van der Waals surface area (Å²) in [6.07, 6.45) is 1.38. The molecule has 3 fully saturated rings. The number of sulfonamides is 1. The van der Waals surface area contributed by atoms with E-state index in [1.54, 1.807) is 4.31 Å². The summed E-state index contributed by atoms with van der Waals surface area (Å²) in [5, 5.41) is 3.29. The van der Waals surface area contributed by atoms with Crippen LogP contribution < -0.4 is 5.32 Å². The van der Waals surface area contributed by atoms with E-state index < -0.39 is 10.0 Å². The lowest BCUT2D eigenvalue weighted by Gasteiger charge is -2.42. The van der Waals surface area contributed by atoms with Gasteiger partial charge >= 0.3 is 0 Å². The van der Waals surface area contributed by atoms with Crippen molar-refractivity contribution in [2.75, 3.05) is 26.2 Å². The van der Waals surface area contributed by atoms with Gasteiger partial charge in [-0.15, -0.1) is 0 Å². The van der Waals surface area contributed by atoms with E-state index in [1.807, 2.05) is 48.5 Å². The molecule has 3 aliphatic rings. The summed E-state index contributed by atoms with van der Waals surface area (Å²) in [5.74, 6) is 0.435. The summed E-state index contributed by atoms with van der Waals surface area (Å²) in [6, 6.07) is 19.7. The van der Waals surface area contributed by atoms with Crippen molar-refractivity contribution in [3.8, 4) is 0 Å². The van der Waals surface area contributed by atoms with Crippen molar-refractivity contribution < 1.29 is 13.2 Å². The summed E-state index contributed by atoms with van der Waals surface area (Å²) < 4.78 is 27.5. The zero-order chi connectivity index (χ0) is 21.5. The number of amides is 1. The highest BCUT2D eigenvalue weighted by Crippen LogP contribution is 2.44. The minimum atomic E-state index is -3.36. The fourth-order valence-electron chi connectivity index (χ4n) is 5.65. The molecule has 1 amide bonds. The van der Waals surface area contributed by atoms with Crippen LogP contribution in [0.4, 0.5) is 0 Å². The molecule has 31 heavy (non-hydrogen) atoms. The Morgan fingerprint density at radius 2 is 1.52 bits per heavy atom. The first kappa shape index (κ1) is 20.7. The number of likely N-dealkylation sites (tertiary alicyclic amines) is 1. The molecule has 164 valence electrons. The van der Waals surface area contributed by atoms with E-state index in [1.165, 1.54) is 5.56 Å². The number of fused-ring (bicyclic) bond motifs is 2. The van der Waals surface area contributed by atoms with Gasteiger partial charge in [0.15, 0.2) is 0 Å². The van der Waals surface area contributed by atoms with Gasteiger partial charge in [0.1, 0.15) is 0 Å². The van der Waals surface area contributed by atoms with E-state index in [9.17, 15) is 13.2 Å². The molecule has 3 aliphatic heterocycles. The highest BCUT2D eigenvalue weighted by atomic mass is 32.2. The van der Waals surface area contributed by atoms with Crippen molar-refractivity contribution in [1.29, 1.82) is 0 Å². The molecule has 0 radical (unpaired) electrons. The molecule has 6 nitrogen and oxygen atoms in total. The summed E-state index contributed by atoms with van der Waals surface area (Å²) in [7, 11) is -3.36. The third-order valence-electron chi connectivity index (χ3n) is 7.26. The fourth-order valence-corrected chi connectivity index (χ4v) is 7.18. The molecule has 3 heterocycles. The van der Waals surface area contributed by atoms with Gasteiger partial charge in [0.05, 0.1) is 11.7 Å². The second-order valence-electron chi connectivity index (χ2n) is 9.18. The molecule has 7 heteroatoms. The van der Waals surface area contributed by atoms with Crippen LogP contribution in [0.1, 0.15) is 24.0 Å². The van der Waals surface area contributed by atoms with Gasteiger partial charge in [-0.25, -0.2) is 12.7 Å². The van der Waals surface area contributed by atoms with Crippen molar-refractivity contribution in [3.63, 3.8) is 0 Å². The average molecular weight is 440 g/mol. The smallest absolute Gasteiger partial charge is 0.225 e. The number of piperidine rings is 1. The van der Waals surface area contributed by atoms with Gasteiger partial charge in [0, 0.05) is 44.2 Å². The largest absolute Gasteiger partial charge is 0.350 e. The molecule has 5 rings (SSSR count). The third-order valence-corrected chi connectivity index (χ3v) is 9.11. The molecule has 0 aromatic heterocycles. The van der Waals surface area contributed by atoms with Crippen molar-refractivity contribution in [2.45, 2.75) is 30.7 Å². The fraction of sp³-hybridized carbons (Fsp3) is 0.458. The number of carbonyl (C=O) groups excluding carboxylic acids is 1. The summed E-state index contributed by atoms with van der Waals surface area (Å²) in [4.78, 5) is 15.2. The zero-order valence-electron chi connectivity index (χ0n) is 17.6. The van der Waals surface area contributed by atoms with Gasteiger partial charge in [-0.2, -0.15) is 0 Å². The lowest BCUT2D eigenvalue weighted by molar-refractivity contribution is -0.123. The van der Waals surface area contributed by atoms with Gasteiger partial charge in [-0.05, 0) is 24.0 Å². The van der Waals surface area contributed by atoms with Crippen LogP contribution in [0.25, 0.3) is 0 Å². The van der Waals surface area contributed by atoms with Crippen LogP contribution in [0.5, 0.6) is 0 Å². The van der Waals surface area contributed by atoms with Crippen molar-refractivity contribution in [3.05, 3.63) is 71.8 Å². The molecule has 0 bridgehead atoms. The maximum Gasteiger partial charge on any atom is 0.225 e. The first-order valence-electron chi connectivity index (χ1n) is 11.1. The zero-order valence-corrected chi connectivity index (χ0v) is 18.4. The van der Waals surface area contributed by atoms with Gasteiger partial charge in [0.25, 0.3) is 0 Å². The molecule has 2 aromatic carbocycles. The van der Waals surface area contributed by atoms with Crippen molar-refractivity contribution in [1.82, 2.24) is 14.5 Å². The molecule has 1 spiro atoms. The topological polar surface area (TPSA) is 69.7 Å². The SMILES string of the molecule is O=C1NC2(CCN(S(=O)(=O)Cc3ccccc3)CC2)[C@H]2CN(Cc3ccccc3)C[C@@H]12. The summed E-state index contributed by atoms with van der Waals surface area (Å²) in [5.41, 5.74) is 1.80. The van der Waals surface area contributed by atoms with Crippen LogP contribution in [-0.2, 0) is 27.1 Å². The van der Waals surface area contributed by atoms with Crippen LogP contribution in [0.2, 0.25) is 0 Å². The Bertz CT molecular complexity index is 1030. The highest BCUT2D eigenvalue weighted by molar-refractivity contribution is 7.88.